The van der Waals surface area contributed by atoms with E-state index in [2.05, 4.69) is 19.9 Å². The van der Waals surface area contributed by atoms with Gasteiger partial charge in [0.2, 0.25) is 11.8 Å². The number of unbranched alkanes of at least 4 members (excludes halogenated alkanes) is 20. The minimum Gasteiger partial charge on any atom is -0.479 e. The van der Waals surface area contributed by atoms with Gasteiger partial charge in [-0.1, -0.05) is 243 Å². The van der Waals surface area contributed by atoms with Crippen LogP contribution in [0.2, 0.25) is 0 Å². The summed E-state index contributed by atoms with van der Waals surface area (Å²) in [6, 6.07) is 18.3. The summed E-state index contributed by atoms with van der Waals surface area (Å²) in [6.07, 6.45) is 33.7. The number of methoxy groups -OCH3 is 1. The molecule has 11 heteroatoms. The number of aliphatic carboxylic acids is 1. The third-order valence-corrected chi connectivity index (χ3v) is 15.2. The molecule has 2 N–H and O–H groups in total. The van der Waals surface area contributed by atoms with Crippen molar-refractivity contribution >= 4 is 35.6 Å². The molecular formula is C63H99F2NO7S. The lowest BCUT2D eigenvalue weighted by Gasteiger charge is -2.51. The Bertz CT molecular complexity index is 1880. The molecule has 1 fully saturated rings. The highest BCUT2D eigenvalue weighted by Crippen LogP contribution is 2.55. The Morgan fingerprint density at radius 1 is 0.703 bits per heavy atom. The van der Waals surface area contributed by atoms with E-state index in [4.69, 9.17) is 21.7 Å². The third-order valence-electron chi connectivity index (χ3n) is 14.9. The molecule has 0 aliphatic carbocycles. The van der Waals surface area contributed by atoms with Crippen molar-refractivity contribution in [3.8, 4) is 0 Å². The molecule has 3 atom stereocenters. The van der Waals surface area contributed by atoms with Gasteiger partial charge in [-0.05, 0) is 62.1 Å². The van der Waals surface area contributed by atoms with Crippen LogP contribution in [0.1, 0.15) is 233 Å². The molecule has 3 rings (SSSR count). The van der Waals surface area contributed by atoms with Crippen LogP contribution >= 0.6 is 12.2 Å². The van der Waals surface area contributed by atoms with Crippen molar-refractivity contribution in [2.75, 3.05) is 13.7 Å². The van der Waals surface area contributed by atoms with Gasteiger partial charge in [0.15, 0.2) is 11.2 Å². The Kier molecular flexibility index (Phi) is 31.8. The zero-order valence-electron chi connectivity index (χ0n) is 47.2. The van der Waals surface area contributed by atoms with Crippen molar-refractivity contribution in [2.24, 2.45) is 16.7 Å². The van der Waals surface area contributed by atoms with Gasteiger partial charge >= 0.3 is 5.97 Å². The Hall–Kier alpha value is -3.80. The van der Waals surface area contributed by atoms with Gasteiger partial charge in [-0.25, -0.2) is 13.6 Å². The highest BCUT2D eigenvalue weighted by Gasteiger charge is 2.69. The fraction of sp³-hybridized carbons (Fsp3) is 0.683. The largest absolute Gasteiger partial charge is 0.479 e. The summed E-state index contributed by atoms with van der Waals surface area (Å²) in [4.78, 5) is 40.6. The van der Waals surface area contributed by atoms with Gasteiger partial charge in [-0.3, -0.25) is 9.69 Å². The highest BCUT2D eigenvalue weighted by atomic mass is 32.1. The number of alkyl halides is 2. The fourth-order valence-corrected chi connectivity index (χ4v) is 11.1. The van der Waals surface area contributed by atoms with Gasteiger partial charge in [0, 0.05) is 50.5 Å². The number of thiocarbonyl (C=S) groups is 1. The van der Waals surface area contributed by atoms with Gasteiger partial charge in [0.1, 0.15) is 11.7 Å². The van der Waals surface area contributed by atoms with Crippen LogP contribution in [0.25, 0.3) is 0 Å². The number of aldehydes is 1. The van der Waals surface area contributed by atoms with E-state index in [-0.39, 0.29) is 37.0 Å². The minimum atomic E-state index is -2.66. The molecule has 0 saturated carbocycles. The number of allylic oxidation sites excluding steroid dienone is 3. The molecule has 0 spiro atoms. The summed E-state index contributed by atoms with van der Waals surface area (Å²) in [5.41, 5.74) is -5.56. The first-order valence-corrected chi connectivity index (χ1v) is 29.1. The average molecular weight is 1050 g/mol. The fourth-order valence-electron chi connectivity index (χ4n) is 10.8. The minimum absolute atomic E-state index is 0.0705. The lowest BCUT2D eigenvalue weighted by Crippen LogP contribution is -2.68. The van der Waals surface area contributed by atoms with E-state index in [1.54, 1.807) is 32.9 Å². The number of carbonyl (C=O) groups excluding carboxylic acids is 2. The first-order chi connectivity index (χ1) is 35.4. The molecule has 1 heterocycles. The first-order valence-electron chi connectivity index (χ1n) is 28.6. The summed E-state index contributed by atoms with van der Waals surface area (Å²) >= 11 is 5.94. The van der Waals surface area contributed by atoms with Gasteiger partial charge in [-0.2, -0.15) is 0 Å². The Balaban J connectivity index is 0.000000832. The van der Waals surface area contributed by atoms with E-state index in [0.717, 1.165) is 49.5 Å². The Labute approximate surface area is 452 Å². The predicted octanol–water partition coefficient (Wildman–Crippen LogP) is 17.1. The van der Waals surface area contributed by atoms with Crippen molar-refractivity contribution < 1.29 is 42.9 Å². The lowest BCUT2D eigenvalue weighted by molar-refractivity contribution is -0.194. The van der Waals surface area contributed by atoms with Gasteiger partial charge in [-0.15, -0.1) is 0 Å². The highest BCUT2D eigenvalue weighted by molar-refractivity contribution is 7.80. The van der Waals surface area contributed by atoms with E-state index >= 15 is 4.79 Å². The molecule has 1 amide bonds. The molecule has 0 radical (unpaired) electrons. The molecule has 0 aromatic heterocycles. The second-order valence-corrected chi connectivity index (χ2v) is 22.4. The van der Waals surface area contributed by atoms with Gasteiger partial charge < -0.3 is 24.5 Å². The second kappa shape index (κ2) is 35.5. The third kappa shape index (κ3) is 20.3. The number of nitrogens with zero attached hydrogens (tertiary/aromatic N) is 1. The quantitative estimate of drug-likeness (QED) is 0.0296. The summed E-state index contributed by atoms with van der Waals surface area (Å²) < 4.78 is 41.0. The Morgan fingerprint density at radius 2 is 1.14 bits per heavy atom. The van der Waals surface area contributed by atoms with Crippen LogP contribution in [-0.2, 0) is 29.5 Å². The number of benzene rings is 2. The van der Waals surface area contributed by atoms with Crippen LogP contribution in [0, 0.1) is 16.7 Å². The summed E-state index contributed by atoms with van der Waals surface area (Å²) in [5, 5.41) is 23.2. The molecule has 418 valence electrons. The van der Waals surface area contributed by atoms with E-state index < -0.39 is 45.9 Å². The zero-order chi connectivity index (χ0) is 54.9. The SMILES string of the molecule is CCCCCCCC(F)(F)CCCCCCC=C[C@](C(=O)N1C(=S)OC(c2ccccc2)(c2ccccc2)[C@@H]1C(C)C)(C(C)(C)C)[C@@](O)(CCOC)C(=O)O.CCCCCCCCCCCCCCC=CCC=O. The number of amides is 1. The number of hydrogen-bond acceptors (Lipinski definition) is 7. The van der Waals surface area contributed by atoms with E-state index in [0.29, 0.717) is 44.9 Å². The van der Waals surface area contributed by atoms with Gasteiger partial charge in [0.05, 0.1) is 6.04 Å². The van der Waals surface area contributed by atoms with Crippen molar-refractivity contribution in [3.63, 3.8) is 0 Å². The number of ether oxygens (including phenoxy) is 2. The van der Waals surface area contributed by atoms with Crippen molar-refractivity contribution in [2.45, 2.75) is 245 Å². The van der Waals surface area contributed by atoms with Crippen molar-refractivity contribution in [3.05, 3.63) is 96.1 Å². The number of carbonyl (C=O) groups is 3. The summed E-state index contributed by atoms with van der Waals surface area (Å²) in [5.74, 6) is -5.16. The maximum absolute atomic E-state index is 15.7. The summed E-state index contributed by atoms with van der Waals surface area (Å²) in [7, 11) is 1.41. The van der Waals surface area contributed by atoms with Crippen LogP contribution in [0.15, 0.2) is 85.0 Å². The number of hydrogen-bond donors (Lipinski definition) is 2. The average Bonchev–Trinajstić information content (AvgIpc) is 3.70. The molecule has 1 aliphatic rings. The molecule has 0 unspecified atom stereocenters. The molecule has 1 saturated heterocycles. The first kappa shape index (κ1) is 66.3. The number of carboxylic acid groups (broad SMARTS) is 1. The monoisotopic (exact) mass is 1050 g/mol. The van der Waals surface area contributed by atoms with Crippen LogP contribution < -0.4 is 0 Å². The summed E-state index contributed by atoms with van der Waals surface area (Å²) in [6.45, 7) is 13.4. The second-order valence-electron chi connectivity index (χ2n) is 22.1. The molecule has 1 aliphatic heterocycles. The Morgan fingerprint density at radius 3 is 1.54 bits per heavy atom. The normalized spacial score (nSPS) is 16.5. The van der Waals surface area contributed by atoms with Crippen LogP contribution in [0.4, 0.5) is 8.78 Å². The zero-order valence-corrected chi connectivity index (χ0v) is 48.0. The molecule has 8 nitrogen and oxygen atoms in total. The van der Waals surface area contributed by atoms with Crippen molar-refractivity contribution in [1.29, 1.82) is 0 Å². The van der Waals surface area contributed by atoms with E-state index in [1.807, 2.05) is 80.6 Å². The maximum Gasteiger partial charge on any atom is 0.337 e. The van der Waals surface area contributed by atoms with E-state index in [1.165, 1.54) is 89.1 Å². The smallest absolute Gasteiger partial charge is 0.337 e. The topological polar surface area (TPSA) is 113 Å². The van der Waals surface area contributed by atoms with Crippen molar-refractivity contribution in [1.82, 2.24) is 4.90 Å². The van der Waals surface area contributed by atoms with Crippen LogP contribution in [-0.4, -0.2) is 69.7 Å². The number of carboxylic acids is 1. The predicted molar refractivity (Wildman–Crippen MR) is 304 cm³/mol. The molecule has 2 aromatic carbocycles. The van der Waals surface area contributed by atoms with Gasteiger partial charge in [0.25, 0.3) is 5.17 Å². The maximum atomic E-state index is 15.7. The number of aliphatic hydroxyl groups is 1. The number of halogens is 2. The van der Waals surface area contributed by atoms with E-state index in [9.17, 15) is 28.6 Å². The molecule has 2 aromatic rings. The lowest BCUT2D eigenvalue weighted by atomic mass is 9.55. The van der Waals surface area contributed by atoms with Crippen LogP contribution in [0.3, 0.4) is 0 Å². The standard InChI is InChI=1S/C45H65F2NO6S.C18H34O/c1-8-9-10-13-22-29-42(46,47)30-23-14-11-12-15-24-31-43(41(4,5)6,44(52,39(50)51)32-33-53-7)38(49)48-37(34(2)3)45(54-40(48)55,35-25-18-16-19-26-35)36-27-20-17-21-28-36;1-2-3-4-5-6-7-8-9-10-11-12-13-14-15-16-17-18-19/h16-21,24-28,31,34,37,52H,8-15,22-23,29-30,32-33H2,1-7H3,(H,50,51);15-16,18H,2-14,17H2,1H3/t37-,43-,44+;/m0./s1. The number of rotatable bonds is 38. The molecular weight excluding hydrogens is 953 g/mol. The molecule has 0 bridgehead atoms. The molecule has 74 heavy (non-hydrogen) atoms. The van der Waals surface area contributed by atoms with Crippen LogP contribution in [0.5, 0.6) is 0 Å².